The molecule has 5 unspecified atom stereocenters. The predicted octanol–water partition coefficient (Wildman–Crippen LogP) is -1.27. The molecule has 200 valence electrons. The van der Waals surface area contributed by atoms with E-state index in [1.165, 1.54) is 0 Å². The summed E-state index contributed by atoms with van der Waals surface area (Å²) in [7, 11) is 1.63. The fourth-order valence-corrected chi connectivity index (χ4v) is 4.39. The van der Waals surface area contributed by atoms with Crippen LogP contribution in [0.5, 0.6) is 0 Å². The molecule has 6 N–H and O–H groups in total. The van der Waals surface area contributed by atoms with Crippen molar-refractivity contribution in [1.82, 2.24) is 10.2 Å². The Labute approximate surface area is 202 Å². The van der Waals surface area contributed by atoms with E-state index in [1.807, 2.05) is 0 Å². The standard InChI is InChI=1S/C23H44N2O9/c1-24-19(28)9-3-2-4-10-25(12-14-33-23-16(27)7-6-13-32-23)11-5-8-17-20(29)22(31)21(30)18(15-26)34-17/h16-18,20-23,26-27,29-31H,2-15H2,1H3,(H,24,28)/t16?,17-,18?,20?,21-,22?,23?/m1/s1. The third-order valence-electron chi connectivity index (χ3n) is 6.54. The van der Waals surface area contributed by atoms with Crippen molar-refractivity contribution in [3.8, 4) is 0 Å². The van der Waals surface area contributed by atoms with Gasteiger partial charge in [-0.25, -0.2) is 0 Å². The Morgan fingerprint density at radius 3 is 2.44 bits per heavy atom. The summed E-state index contributed by atoms with van der Waals surface area (Å²) in [5.74, 6) is 0.0378. The summed E-state index contributed by atoms with van der Waals surface area (Å²) in [4.78, 5) is 13.6. The van der Waals surface area contributed by atoms with E-state index in [-0.39, 0.29) is 5.91 Å². The first-order chi connectivity index (χ1) is 16.4. The molecule has 0 bridgehead atoms. The number of carbonyl (C=O) groups is 1. The molecule has 1 amide bonds. The summed E-state index contributed by atoms with van der Waals surface area (Å²) in [6.07, 6.45) is -0.934. The van der Waals surface area contributed by atoms with Gasteiger partial charge in [0.05, 0.1) is 19.3 Å². The Balaban J connectivity index is 1.78. The minimum Gasteiger partial charge on any atom is -0.394 e. The van der Waals surface area contributed by atoms with Crippen molar-refractivity contribution in [2.45, 2.75) is 94.3 Å². The molecule has 0 aromatic rings. The van der Waals surface area contributed by atoms with Gasteiger partial charge in [-0.1, -0.05) is 6.42 Å². The van der Waals surface area contributed by atoms with E-state index in [9.17, 15) is 30.3 Å². The molecule has 2 fully saturated rings. The Kier molecular flexibility index (Phi) is 13.8. The van der Waals surface area contributed by atoms with Gasteiger partial charge in [-0.05, 0) is 51.6 Å². The zero-order valence-corrected chi connectivity index (χ0v) is 20.3. The van der Waals surface area contributed by atoms with Crippen molar-refractivity contribution in [1.29, 1.82) is 0 Å². The Morgan fingerprint density at radius 1 is 1.00 bits per heavy atom. The van der Waals surface area contributed by atoms with Gasteiger partial charge in [0.1, 0.15) is 30.5 Å². The van der Waals surface area contributed by atoms with Crippen molar-refractivity contribution in [3.05, 3.63) is 0 Å². The van der Waals surface area contributed by atoms with E-state index >= 15 is 0 Å². The average Bonchev–Trinajstić information content (AvgIpc) is 2.84. The molecule has 11 heteroatoms. The number of carbonyl (C=O) groups excluding carboxylic acids is 1. The zero-order valence-electron chi connectivity index (χ0n) is 20.3. The largest absolute Gasteiger partial charge is 0.394 e. The molecule has 2 aliphatic heterocycles. The number of hydrogen-bond donors (Lipinski definition) is 6. The third-order valence-corrected chi connectivity index (χ3v) is 6.54. The third kappa shape index (κ3) is 9.63. The summed E-state index contributed by atoms with van der Waals surface area (Å²) in [6, 6.07) is 0. The number of aliphatic hydroxyl groups is 5. The first kappa shape index (κ1) is 29.3. The molecule has 0 saturated carbocycles. The molecule has 0 aromatic carbocycles. The van der Waals surface area contributed by atoms with Crippen molar-refractivity contribution in [3.63, 3.8) is 0 Å². The van der Waals surface area contributed by atoms with Crippen LogP contribution in [0.2, 0.25) is 0 Å². The lowest BCUT2D eigenvalue weighted by Crippen LogP contribution is -2.58. The van der Waals surface area contributed by atoms with Crippen LogP contribution in [0.4, 0.5) is 0 Å². The second kappa shape index (κ2) is 16.0. The Hall–Kier alpha value is -0.890. The molecule has 34 heavy (non-hydrogen) atoms. The highest BCUT2D eigenvalue weighted by Crippen LogP contribution is 2.24. The first-order valence-corrected chi connectivity index (χ1v) is 12.5. The van der Waals surface area contributed by atoms with Crippen molar-refractivity contribution >= 4 is 5.91 Å². The van der Waals surface area contributed by atoms with Crippen LogP contribution in [-0.2, 0) is 19.0 Å². The minimum atomic E-state index is -1.36. The van der Waals surface area contributed by atoms with Gasteiger partial charge in [0, 0.05) is 26.6 Å². The molecule has 2 rings (SSSR count). The van der Waals surface area contributed by atoms with Gasteiger partial charge in [0.15, 0.2) is 6.29 Å². The molecule has 11 nitrogen and oxygen atoms in total. The van der Waals surface area contributed by atoms with E-state index in [4.69, 9.17) is 14.2 Å². The monoisotopic (exact) mass is 492 g/mol. The normalized spacial score (nSPS) is 32.1. The topological polar surface area (TPSA) is 161 Å². The molecular formula is C23H44N2O9. The molecule has 2 heterocycles. The minimum absolute atomic E-state index is 0.0378. The number of unbranched alkanes of at least 4 members (excludes halogenated alkanes) is 2. The molecule has 0 spiro atoms. The predicted molar refractivity (Wildman–Crippen MR) is 123 cm³/mol. The van der Waals surface area contributed by atoms with Crippen LogP contribution in [0.3, 0.4) is 0 Å². The first-order valence-electron chi connectivity index (χ1n) is 12.5. The lowest BCUT2D eigenvalue weighted by atomic mass is 9.93. The van der Waals surface area contributed by atoms with Gasteiger partial charge in [-0.2, -0.15) is 0 Å². The second-order valence-electron chi connectivity index (χ2n) is 9.15. The molecule has 2 saturated heterocycles. The van der Waals surface area contributed by atoms with Gasteiger partial charge in [0.2, 0.25) is 5.91 Å². The summed E-state index contributed by atoms with van der Waals surface area (Å²) < 4.78 is 16.8. The number of rotatable bonds is 15. The van der Waals surface area contributed by atoms with Gasteiger partial charge in [-0.15, -0.1) is 0 Å². The van der Waals surface area contributed by atoms with Crippen LogP contribution < -0.4 is 5.32 Å². The molecule has 7 atom stereocenters. The van der Waals surface area contributed by atoms with Crippen LogP contribution in [0.1, 0.15) is 51.4 Å². The van der Waals surface area contributed by atoms with Crippen LogP contribution in [0.15, 0.2) is 0 Å². The molecule has 0 radical (unpaired) electrons. The van der Waals surface area contributed by atoms with Crippen molar-refractivity contribution in [2.24, 2.45) is 0 Å². The summed E-state index contributed by atoms with van der Waals surface area (Å²) in [5, 5.41) is 52.1. The van der Waals surface area contributed by atoms with E-state index in [0.29, 0.717) is 52.0 Å². The fraction of sp³-hybridized carbons (Fsp3) is 0.957. The van der Waals surface area contributed by atoms with Crippen LogP contribution in [0, 0.1) is 0 Å². The van der Waals surface area contributed by atoms with Gasteiger partial charge in [-0.3, -0.25) is 4.79 Å². The zero-order chi connectivity index (χ0) is 24.9. The van der Waals surface area contributed by atoms with Crippen LogP contribution in [0.25, 0.3) is 0 Å². The van der Waals surface area contributed by atoms with Gasteiger partial charge in [0.25, 0.3) is 0 Å². The maximum Gasteiger partial charge on any atom is 0.219 e. The van der Waals surface area contributed by atoms with Crippen LogP contribution >= 0.6 is 0 Å². The number of nitrogens with zero attached hydrogens (tertiary/aromatic N) is 1. The highest BCUT2D eigenvalue weighted by molar-refractivity contribution is 5.75. The quantitative estimate of drug-likeness (QED) is 0.152. The number of amides is 1. The molecule has 0 aromatic heterocycles. The lowest BCUT2D eigenvalue weighted by molar-refractivity contribution is -0.230. The second-order valence-corrected chi connectivity index (χ2v) is 9.15. The fourth-order valence-electron chi connectivity index (χ4n) is 4.39. The maximum atomic E-state index is 11.4. The van der Waals surface area contributed by atoms with Crippen LogP contribution in [-0.4, -0.2) is 126 Å². The number of nitrogens with one attached hydrogen (secondary N) is 1. The van der Waals surface area contributed by atoms with E-state index < -0.39 is 49.5 Å². The Bertz CT molecular complexity index is 569. The highest BCUT2D eigenvalue weighted by atomic mass is 16.7. The van der Waals surface area contributed by atoms with Gasteiger partial charge >= 0.3 is 0 Å². The summed E-state index contributed by atoms with van der Waals surface area (Å²) in [6.45, 7) is 2.68. The van der Waals surface area contributed by atoms with Crippen molar-refractivity contribution < 1.29 is 44.5 Å². The van der Waals surface area contributed by atoms with Gasteiger partial charge < -0.3 is 50.0 Å². The van der Waals surface area contributed by atoms with E-state index in [0.717, 1.165) is 32.2 Å². The molecule has 0 aliphatic carbocycles. The summed E-state index contributed by atoms with van der Waals surface area (Å²) >= 11 is 0. The average molecular weight is 493 g/mol. The molecular weight excluding hydrogens is 448 g/mol. The summed E-state index contributed by atoms with van der Waals surface area (Å²) in [5.41, 5.74) is 0. The molecule has 2 aliphatic rings. The van der Waals surface area contributed by atoms with Crippen molar-refractivity contribution in [2.75, 3.05) is 46.5 Å². The number of ether oxygens (including phenoxy) is 3. The maximum absolute atomic E-state index is 11.4. The van der Waals surface area contributed by atoms with E-state index in [2.05, 4.69) is 10.2 Å². The highest BCUT2D eigenvalue weighted by Gasteiger charge is 2.42. The number of aliphatic hydroxyl groups excluding tert-OH is 5. The smallest absolute Gasteiger partial charge is 0.219 e. The van der Waals surface area contributed by atoms with E-state index in [1.54, 1.807) is 7.05 Å². The lowest BCUT2D eigenvalue weighted by Gasteiger charge is -2.40. The SMILES string of the molecule is CNC(=O)CCCCCN(CCC[C@H]1OC(CO)[C@@H](O)C(O)C1O)CCOC1OCCCC1O. The number of hydrogen-bond acceptors (Lipinski definition) is 10. The Morgan fingerprint density at radius 2 is 1.74 bits per heavy atom.